The van der Waals surface area contributed by atoms with Crippen molar-refractivity contribution < 1.29 is 41.8 Å². The topological polar surface area (TPSA) is 125 Å². The monoisotopic (exact) mass is 1070 g/mol. The van der Waals surface area contributed by atoms with Gasteiger partial charge in [0.25, 0.3) is 0 Å². The van der Waals surface area contributed by atoms with Crippen molar-refractivity contribution in [3.05, 3.63) is 228 Å². The van der Waals surface area contributed by atoms with Gasteiger partial charge in [-0.1, -0.05) is 98.5 Å². The van der Waals surface area contributed by atoms with Crippen LogP contribution in [0.5, 0.6) is 0 Å². The number of carbonyl (C=O) groups is 3. The highest BCUT2D eigenvalue weighted by Crippen LogP contribution is 2.24. The lowest BCUT2D eigenvalue weighted by molar-refractivity contribution is 0.147. The van der Waals surface area contributed by atoms with E-state index < -0.39 is 18.3 Å². The van der Waals surface area contributed by atoms with Gasteiger partial charge in [0.15, 0.2) is 0 Å². The number of nitrogens with zero attached hydrogens (tertiary/aromatic N) is 3. The number of rotatable bonds is 21. The molecule has 0 fully saturated rings. The molecule has 7 aromatic rings. The maximum absolute atomic E-state index is 13.1. The number of amides is 3. The van der Waals surface area contributed by atoms with Crippen LogP contribution in [0.4, 0.5) is 61.7 Å². The first-order valence-electron chi connectivity index (χ1n) is 25.4. The van der Waals surface area contributed by atoms with Crippen molar-refractivity contribution in [3.8, 4) is 24.7 Å². The van der Waals surface area contributed by atoms with Gasteiger partial charge < -0.3 is 28.9 Å². The van der Waals surface area contributed by atoms with Crippen molar-refractivity contribution >= 4 is 52.4 Å². The van der Waals surface area contributed by atoms with E-state index in [4.69, 9.17) is 27.1 Å². The molecule has 7 rings (SSSR count). The summed E-state index contributed by atoms with van der Waals surface area (Å²) in [6.07, 6.45) is 11.3. The maximum Gasteiger partial charge on any atom is 0.411 e. The summed E-state index contributed by atoms with van der Waals surface area (Å²) < 4.78 is 54.3. The summed E-state index contributed by atoms with van der Waals surface area (Å²) in [6, 6.07) is 50.7. The van der Waals surface area contributed by atoms with E-state index in [2.05, 4.69) is 39.3 Å². The second kappa shape index (κ2) is 32.8. The molecule has 0 saturated carbocycles. The summed E-state index contributed by atoms with van der Waals surface area (Å²) in [7, 11) is 0. The number of hydrogen-bond donors (Lipinski definition) is 3. The third-order valence-electron chi connectivity index (χ3n) is 11.2. The zero-order valence-electron chi connectivity index (χ0n) is 44.5. The quantitative estimate of drug-likeness (QED) is 0.0366. The Morgan fingerprint density at radius 1 is 0.506 bits per heavy atom. The van der Waals surface area contributed by atoms with Crippen LogP contribution in [0.15, 0.2) is 189 Å². The lowest BCUT2D eigenvalue weighted by atomic mass is 10.2. The molecule has 0 aliphatic heterocycles. The molecular weight excluding hydrogens is 1010 g/mol. The van der Waals surface area contributed by atoms with Crippen molar-refractivity contribution in [2.75, 3.05) is 63.5 Å². The molecule has 3 amide bonds. The van der Waals surface area contributed by atoms with Crippen molar-refractivity contribution in [3.63, 3.8) is 0 Å². The number of carbonyl (C=O) groups excluding carboxylic acids is 3. The van der Waals surface area contributed by atoms with Gasteiger partial charge in [0, 0.05) is 60.3 Å². The first-order chi connectivity index (χ1) is 38.2. The largest absolute Gasteiger partial charge is 0.450 e. The van der Waals surface area contributed by atoms with E-state index in [-0.39, 0.29) is 30.0 Å². The van der Waals surface area contributed by atoms with Crippen LogP contribution in [0, 0.1) is 48.1 Å². The van der Waals surface area contributed by atoms with Gasteiger partial charge in [-0.2, -0.15) is 0 Å². The third-order valence-corrected chi connectivity index (χ3v) is 11.2. The zero-order valence-corrected chi connectivity index (χ0v) is 44.5. The molecular formula is C64H65F3N6O6. The minimum atomic E-state index is -0.520. The standard InChI is InChI=1S/C24H21FN2O2.C21H23FN2O2.C19H21FN2O2/c1-2-16-27(17-19-8-10-21(25)11-9-19)23-14-12-22(13-15-23)26-24(28)29-18-20-6-4-3-5-7-20;1-4-13-24(14-17-5-7-18(22)8-6-17)20-11-9-19(10-12-20)23-21(25)26-15-16(2)3;1-3-13-22(14-15-5-7-16(20)8-6-15)18-11-9-17(10-12-18)21-19(23)24-4-2/h1,3-15H,16-18H2,(H,26,28);1,5-12,16H,13-15H2,2-3H3,(H,23,25);3,5-12H,1,4,13-14H2,2H3,(H,21,23). The number of terminal acetylenes is 2. The molecule has 0 heterocycles. The molecule has 408 valence electrons. The number of halogens is 3. The van der Waals surface area contributed by atoms with Gasteiger partial charge in [0.05, 0.1) is 26.3 Å². The van der Waals surface area contributed by atoms with Crippen LogP contribution in [0.1, 0.15) is 43.0 Å². The van der Waals surface area contributed by atoms with Crippen LogP contribution in [-0.4, -0.2) is 51.1 Å². The molecule has 0 radical (unpaired) electrons. The SMILES string of the molecule is C#CCN(Cc1ccc(F)cc1)c1ccc(NC(=O)OCC(C)C)cc1.C#CCN(Cc1ccc(F)cc1)c1ccc(NC(=O)OCc2ccccc2)cc1.C=CCN(Cc1ccc(F)cc1)c1ccc(NC(=O)OCC)cc1. The molecule has 0 unspecified atom stereocenters. The van der Waals surface area contributed by atoms with Crippen LogP contribution in [0.3, 0.4) is 0 Å². The predicted octanol–water partition coefficient (Wildman–Crippen LogP) is 14.5. The Balaban J connectivity index is 0.000000219. The van der Waals surface area contributed by atoms with E-state index in [1.54, 1.807) is 67.6 Å². The Morgan fingerprint density at radius 2 is 0.861 bits per heavy atom. The van der Waals surface area contributed by atoms with Crippen molar-refractivity contribution in [1.29, 1.82) is 0 Å². The Kier molecular flexibility index (Phi) is 25.0. The fourth-order valence-corrected chi connectivity index (χ4v) is 7.37. The second-order valence-corrected chi connectivity index (χ2v) is 18.0. The molecule has 0 saturated heterocycles. The average Bonchev–Trinajstić information content (AvgIpc) is 3.45. The molecule has 0 aromatic heterocycles. The van der Waals surface area contributed by atoms with Gasteiger partial charge in [-0.15, -0.1) is 19.4 Å². The minimum Gasteiger partial charge on any atom is -0.450 e. The predicted molar refractivity (Wildman–Crippen MR) is 310 cm³/mol. The van der Waals surface area contributed by atoms with Crippen LogP contribution in [0.2, 0.25) is 0 Å². The molecule has 79 heavy (non-hydrogen) atoms. The second-order valence-electron chi connectivity index (χ2n) is 18.0. The highest BCUT2D eigenvalue weighted by atomic mass is 19.1. The van der Waals surface area contributed by atoms with E-state index >= 15 is 0 Å². The summed E-state index contributed by atoms with van der Waals surface area (Å²) in [4.78, 5) is 41.2. The van der Waals surface area contributed by atoms with E-state index in [0.717, 1.165) is 39.3 Å². The molecule has 0 spiro atoms. The average molecular weight is 1070 g/mol. The van der Waals surface area contributed by atoms with Crippen LogP contribution >= 0.6 is 0 Å². The van der Waals surface area contributed by atoms with Gasteiger partial charge in [-0.3, -0.25) is 16.0 Å². The van der Waals surface area contributed by atoms with Gasteiger partial charge in [-0.25, -0.2) is 27.6 Å². The first-order valence-corrected chi connectivity index (χ1v) is 25.4. The van der Waals surface area contributed by atoms with Crippen molar-refractivity contribution in [2.24, 2.45) is 5.92 Å². The van der Waals surface area contributed by atoms with Crippen molar-refractivity contribution in [1.82, 2.24) is 0 Å². The molecule has 15 heteroatoms. The van der Waals surface area contributed by atoms with Gasteiger partial charge in [0.1, 0.15) is 24.1 Å². The first kappa shape index (κ1) is 60.3. The van der Waals surface area contributed by atoms with Gasteiger partial charge >= 0.3 is 18.3 Å². The summed E-state index contributed by atoms with van der Waals surface area (Å²) in [5, 5.41) is 8.05. The molecule has 0 aliphatic carbocycles. The van der Waals surface area contributed by atoms with Crippen LogP contribution in [0.25, 0.3) is 0 Å². The molecule has 12 nitrogen and oxygen atoms in total. The Morgan fingerprint density at radius 3 is 1.22 bits per heavy atom. The number of nitrogens with one attached hydrogen (secondary N) is 3. The Bertz CT molecular complexity index is 3040. The van der Waals surface area contributed by atoms with E-state index in [1.165, 1.54) is 36.4 Å². The highest BCUT2D eigenvalue weighted by Gasteiger charge is 2.12. The van der Waals surface area contributed by atoms with Crippen LogP contribution < -0.4 is 30.7 Å². The number of anilines is 6. The van der Waals surface area contributed by atoms with E-state index in [1.807, 2.05) is 109 Å². The third kappa shape index (κ3) is 22.3. The van der Waals surface area contributed by atoms with E-state index in [0.29, 0.717) is 69.5 Å². The summed E-state index contributed by atoms with van der Waals surface area (Å²) in [5.74, 6) is 4.77. The molecule has 0 aliphatic rings. The normalized spacial score (nSPS) is 10.1. The van der Waals surface area contributed by atoms with E-state index in [9.17, 15) is 27.6 Å². The molecule has 0 bridgehead atoms. The molecule has 3 N–H and O–H groups in total. The fraction of sp³-hybridized carbons (Fsp3) is 0.203. The lowest BCUT2D eigenvalue weighted by Gasteiger charge is -2.24. The number of hydrogen-bond acceptors (Lipinski definition) is 9. The fourth-order valence-electron chi connectivity index (χ4n) is 7.37. The van der Waals surface area contributed by atoms with Gasteiger partial charge in [0.2, 0.25) is 0 Å². The summed E-state index contributed by atoms with van der Waals surface area (Å²) in [6.45, 7) is 13.6. The summed E-state index contributed by atoms with van der Waals surface area (Å²) >= 11 is 0. The smallest absolute Gasteiger partial charge is 0.411 e. The maximum atomic E-state index is 13.1. The Hall–Kier alpha value is -9.60. The highest BCUT2D eigenvalue weighted by molar-refractivity contribution is 5.86. The Labute approximate surface area is 461 Å². The lowest BCUT2D eigenvalue weighted by Crippen LogP contribution is -2.23. The summed E-state index contributed by atoms with van der Waals surface area (Å²) in [5.41, 5.74) is 8.55. The van der Waals surface area contributed by atoms with Crippen LogP contribution in [-0.2, 0) is 40.5 Å². The molecule has 7 aromatic carbocycles. The zero-order chi connectivity index (χ0) is 56.8. The number of ether oxygens (including phenoxy) is 3. The van der Waals surface area contributed by atoms with Crippen molar-refractivity contribution in [2.45, 2.75) is 47.0 Å². The van der Waals surface area contributed by atoms with Gasteiger partial charge in [-0.05, 0) is 144 Å². The molecule has 0 atom stereocenters. The minimum absolute atomic E-state index is 0.207. The number of benzene rings is 7.